The fourth-order valence-corrected chi connectivity index (χ4v) is 1.59. The Bertz CT molecular complexity index is 381. The van der Waals surface area contributed by atoms with Crippen molar-refractivity contribution in [3.05, 3.63) is 23.6 Å². The van der Waals surface area contributed by atoms with Gasteiger partial charge in [-0.3, -0.25) is 0 Å². The largest absolute Gasteiger partial charge is 0.379 e. The lowest BCUT2D eigenvalue weighted by Gasteiger charge is -2.23. The van der Waals surface area contributed by atoms with E-state index in [0.29, 0.717) is 19.3 Å². The molecule has 0 saturated carbocycles. The van der Waals surface area contributed by atoms with Crippen LogP contribution in [0.4, 0.5) is 19.0 Å². The molecule has 2 rings (SSSR count). The van der Waals surface area contributed by atoms with Crippen LogP contribution in [0, 0.1) is 17.6 Å². The predicted octanol–water partition coefficient (Wildman–Crippen LogP) is 2.09. The Morgan fingerprint density at radius 2 is 2.12 bits per heavy atom. The minimum atomic E-state index is -1.30. The minimum Gasteiger partial charge on any atom is -0.379 e. The van der Waals surface area contributed by atoms with Crippen molar-refractivity contribution in [2.24, 2.45) is 0 Å². The zero-order valence-electron chi connectivity index (χ0n) is 8.47. The van der Waals surface area contributed by atoms with E-state index in [0.717, 1.165) is 12.8 Å². The maximum Gasteiger partial charge on any atom is 0.251 e. The minimum absolute atomic E-state index is 0.111. The van der Waals surface area contributed by atoms with Gasteiger partial charge in [-0.05, 0) is 12.8 Å². The summed E-state index contributed by atoms with van der Waals surface area (Å²) in [5, 5.41) is 2.70. The highest BCUT2D eigenvalue weighted by molar-refractivity contribution is 5.37. The van der Waals surface area contributed by atoms with Gasteiger partial charge >= 0.3 is 0 Å². The summed E-state index contributed by atoms with van der Waals surface area (Å²) in [5.74, 6) is -3.76. The molecule has 1 aliphatic rings. The standard InChI is InChI=1S/C10H11F3N2O/c11-7-4-8(12)10(15-9(7)13)14-6-2-1-3-16-5-6/h4,6H,1-3,5H2,(H,14,15). The quantitative estimate of drug-likeness (QED) is 0.793. The number of aromatic nitrogens is 1. The van der Waals surface area contributed by atoms with E-state index in [1.165, 1.54) is 0 Å². The first kappa shape index (κ1) is 11.2. The Morgan fingerprint density at radius 3 is 2.81 bits per heavy atom. The summed E-state index contributed by atoms with van der Waals surface area (Å²) in [6.45, 7) is 1.09. The molecule has 1 N–H and O–H groups in total. The molecule has 0 spiro atoms. The summed E-state index contributed by atoms with van der Waals surface area (Å²) in [7, 11) is 0. The van der Waals surface area contributed by atoms with Crippen LogP contribution in [0.2, 0.25) is 0 Å². The zero-order valence-corrected chi connectivity index (χ0v) is 8.47. The maximum atomic E-state index is 13.2. The second-order valence-electron chi connectivity index (χ2n) is 3.65. The number of hydrogen-bond donors (Lipinski definition) is 1. The van der Waals surface area contributed by atoms with E-state index in [1.54, 1.807) is 0 Å². The second kappa shape index (κ2) is 4.69. The van der Waals surface area contributed by atoms with Crippen LogP contribution in [0.25, 0.3) is 0 Å². The maximum absolute atomic E-state index is 13.2. The molecule has 1 aliphatic heterocycles. The van der Waals surface area contributed by atoms with Crippen molar-refractivity contribution in [1.82, 2.24) is 4.98 Å². The second-order valence-corrected chi connectivity index (χ2v) is 3.65. The van der Waals surface area contributed by atoms with Gasteiger partial charge in [0.15, 0.2) is 17.5 Å². The summed E-state index contributed by atoms with van der Waals surface area (Å²) in [6.07, 6.45) is 1.64. The Morgan fingerprint density at radius 1 is 1.31 bits per heavy atom. The van der Waals surface area contributed by atoms with Crippen molar-refractivity contribution in [1.29, 1.82) is 0 Å². The zero-order chi connectivity index (χ0) is 11.5. The molecule has 88 valence electrons. The Kier molecular flexibility index (Phi) is 3.28. The van der Waals surface area contributed by atoms with Crippen molar-refractivity contribution in [2.75, 3.05) is 18.5 Å². The van der Waals surface area contributed by atoms with Gasteiger partial charge < -0.3 is 10.1 Å². The fourth-order valence-electron chi connectivity index (χ4n) is 1.59. The van der Waals surface area contributed by atoms with Crippen LogP contribution in [0.1, 0.15) is 12.8 Å². The highest BCUT2D eigenvalue weighted by Gasteiger charge is 2.18. The number of ether oxygens (including phenoxy) is 1. The molecular formula is C10H11F3N2O. The first-order valence-corrected chi connectivity index (χ1v) is 5.02. The average Bonchev–Trinajstić information content (AvgIpc) is 2.27. The lowest BCUT2D eigenvalue weighted by molar-refractivity contribution is 0.0874. The van der Waals surface area contributed by atoms with Gasteiger partial charge in [0.2, 0.25) is 0 Å². The molecule has 0 amide bonds. The number of anilines is 1. The van der Waals surface area contributed by atoms with Gasteiger partial charge in [-0.2, -0.15) is 9.37 Å². The van der Waals surface area contributed by atoms with Gasteiger partial charge in [-0.15, -0.1) is 0 Å². The van der Waals surface area contributed by atoms with Crippen LogP contribution >= 0.6 is 0 Å². The summed E-state index contributed by atoms with van der Waals surface area (Å²) in [4.78, 5) is 3.18. The van der Waals surface area contributed by atoms with Crippen molar-refractivity contribution in [3.63, 3.8) is 0 Å². The normalized spacial score (nSPS) is 20.8. The number of nitrogens with one attached hydrogen (secondary N) is 1. The Balaban J connectivity index is 2.11. The molecular weight excluding hydrogens is 221 g/mol. The molecule has 6 heteroatoms. The van der Waals surface area contributed by atoms with E-state index in [1.807, 2.05) is 0 Å². The first-order valence-electron chi connectivity index (χ1n) is 5.02. The number of pyridine rings is 1. The third-order valence-corrected chi connectivity index (χ3v) is 2.39. The van der Waals surface area contributed by atoms with Crippen LogP contribution in [0.5, 0.6) is 0 Å². The highest BCUT2D eigenvalue weighted by atomic mass is 19.2. The summed E-state index contributed by atoms with van der Waals surface area (Å²) >= 11 is 0. The van der Waals surface area contributed by atoms with E-state index in [9.17, 15) is 13.2 Å². The molecule has 3 nitrogen and oxygen atoms in total. The predicted molar refractivity (Wildman–Crippen MR) is 51.6 cm³/mol. The van der Waals surface area contributed by atoms with Gasteiger partial charge in [0.1, 0.15) is 0 Å². The lowest BCUT2D eigenvalue weighted by atomic mass is 10.1. The average molecular weight is 232 g/mol. The number of nitrogens with zero attached hydrogens (tertiary/aromatic N) is 1. The lowest BCUT2D eigenvalue weighted by Crippen LogP contribution is -2.30. The third-order valence-electron chi connectivity index (χ3n) is 2.39. The molecule has 1 unspecified atom stereocenters. The molecule has 1 saturated heterocycles. The van der Waals surface area contributed by atoms with Crippen LogP contribution in [0.15, 0.2) is 6.07 Å². The molecule has 2 heterocycles. The number of halogens is 3. The topological polar surface area (TPSA) is 34.1 Å². The number of hydrogen-bond acceptors (Lipinski definition) is 3. The van der Waals surface area contributed by atoms with Crippen LogP contribution < -0.4 is 5.32 Å². The van der Waals surface area contributed by atoms with Gasteiger partial charge in [-0.1, -0.05) is 0 Å². The van der Waals surface area contributed by atoms with Crippen molar-refractivity contribution in [2.45, 2.75) is 18.9 Å². The summed E-state index contributed by atoms with van der Waals surface area (Å²) < 4.78 is 43.8. The monoisotopic (exact) mass is 232 g/mol. The summed E-state index contributed by atoms with van der Waals surface area (Å²) in [5.41, 5.74) is 0. The van der Waals surface area contributed by atoms with Crippen molar-refractivity contribution in [3.8, 4) is 0 Å². The van der Waals surface area contributed by atoms with E-state index >= 15 is 0 Å². The molecule has 0 aliphatic carbocycles. The Labute approximate surface area is 90.6 Å². The smallest absolute Gasteiger partial charge is 0.251 e. The molecule has 0 aromatic carbocycles. The molecule has 0 bridgehead atoms. The van der Waals surface area contributed by atoms with Gasteiger partial charge in [0, 0.05) is 12.7 Å². The van der Waals surface area contributed by atoms with E-state index in [-0.39, 0.29) is 11.9 Å². The number of rotatable bonds is 2. The van der Waals surface area contributed by atoms with Crippen LogP contribution in [0.3, 0.4) is 0 Å². The molecule has 0 radical (unpaired) electrons. The van der Waals surface area contributed by atoms with E-state index < -0.39 is 17.6 Å². The van der Waals surface area contributed by atoms with Crippen molar-refractivity contribution >= 4 is 5.82 Å². The third kappa shape index (κ3) is 2.44. The van der Waals surface area contributed by atoms with Crippen molar-refractivity contribution < 1.29 is 17.9 Å². The van der Waals surface area contributed by atoms with E-state index in [4.69, 9.17) is 4.74 Å². The molecule has 1 atom stereocenters. The van der Waals surface area contributed by atoms with Crippen LogP contribution in [-0.2, 0) is 4.74 Å². The highest BCUT2D eigenvalue weighted by Crippen LogP contribution is 2.17. The molecule has 1 aromatic heterocycles. The first-order chi connectivity index (χ1) is 7.66. The Hall–Kier alpha value is -1.30. The fraction of sp³-hybridized carbons (Fsp3) is 0.500. The summed E-state index contributed by atoms with van der Waals surface area (Å²) in [6, 6.07) is 0.370. The molecule has 1 fully saturated rings. The molecule has 16 heavy (non-hydrogen) atoms. The van der Waals surface area contributed by atoms with Gasteiger partial charge in [-0.25, -0.2) is 8.78 Å². The molecule has 1 aromatic rings. The van der Waals surface area contributed by atoms with Gasteiger partial charge in [0.05, 0.1) is 12.6 Å². The van der Waals surface area contributed by atoms with Gasteiger partial charge in [0.25, 0.3) is 5.95 Å². The SMILES string of the molecule is Fc1cc(F)c(NC2CCCOC2)nc1F. The van der Waals surface area contributed by atoms with Crippen LogP contribution in [-0.4, -0.2) is 24.2 Å². The van der Waals surface area contributed by atoms with E-state index in [2.05, 4.69) is 10.3 Å².